The number of benzene rings is 1. The van der Waals surface area contributed by atoms with Gasteiger partial charge in [0.1, 0.15) is 5.82 Å². The highest BCUT2D eigenvalue weighted by Gasteiger charge is 2.10. The number of rotatable bonds is 8. The third-order valence-corrected chi connectivity index (χ3v) is 4.99. The first kappa shape index (κ1) is 17.9. The summed E-state index contributed by atoms with van der Waals surface area (Å²) in [5, 5.41) is 7.95. The van der Waals surface area contributed by atoms with Gasteiger partial charge < -0.3 is 10.1 Å². The SMILES string of the molecule is c1ccc(-c2cc(NCCCCCN3CCOCC3)n3nccc3n2)cc1. The van der Waals surface area contributed by atoms with Crippen molar-refractivity contribution in [2.24, 2.45) is 0 Å². The van der Waals surface area contributed by atoms with Gasteiger partial charge in [-0.25, -0.2) is 4.98 Å². The molecule has 0 unspecified atom stereocenters. The molecule has 0 saturated carbocycles. The van der Waals surface area contributed by atoms with E-state index in [0.29, 0.717) is 0 Å². The van der Waals surface area contributed by atoms with Crippen LogP contribution in [0.3, 0.4) is 0 Å². The lowest BCUT2D eigenvalue weighted by molar-refractivity contribution is 0.0372. The Balaban J connectivity index is 1.32. The summed E-state index contributed by atoms with van der Waals surface area (Å²) in [6.45, 7) is 6.04. The number of hydrogen-bond donors (Lipinski definition) is 1. The number of fused-ring (bicyclic) bond motifs is 1. The van der Waals surface area contributed by atoms with E-state index in [2.05, 4.69) is 33.5 Å². The van der Waals surface area contributed by atoms with Crippen LogP contribution in [0.5, 0.6) is 0 Å². The van der Waals surface area contributed by atoms with E-state index < -0.39 is 0 Å². The molecule has 0 atom stereocenters. The van der Waals surface area contributed by atoms with Gasteiger partial charge in [0.15, 0.2) is 5.65 Å². The fourth-order valence-corrected chi connectivity index (χ4v) is 3.47. The molecule has 0 bridgehead atoms. The Morgan fingerprint density at radius 1 is 1.00 bits per heavy atom. The lowest BCUT2D eigenvalue weighted by Gasteiger charge is -2.26. The van der Waals surface area contributed by atoms with Crippen molar-refractivity contribution in [3.8, 4) is 11.3 Å². The summed E-state index contributed by atoms with van der Waals surface area (Å²) in [5.74, 6) is 0.997. The highest BCUT2D eigenvalue weighted by atomic mass is 16.5. The van der Waals surface area contributed by atoms with Crippen LogP contribution in [0.4, 0.5) is 5.82 Å². The molecule has 4 rings (SSSR count). The zero-order chi connectivity index (χ0) is 18.3. The summed E-state index contributed by atoms with van der Waals surface area (Å²) in [6.07, 6.45) is 5.41. The summed E-state index contributed by atoms with van der Waals surface area (Å²) in [7, 11) is 0. The van der Waals surface area contributed by atoms with Crippen molar-refractivity contribution in [2.75, 3.05) is 44.7 Å². The molecule has 1 N–H and O–H groups in total. The Hall–Kier alpha value is -2.44. The quantitative estimate of drug-likeness (QED) is 0.621. The molecule has 6 nitrogen and oxygen atoms in total. The fourth-order valence-electron chi connectivity index (χ4n) is 3.47. The van der Waals surface area contributed by atoms with Gasteiger partial charge in [0.25, 0.3) is 0 Å². The Kier molecular flexibility index (Phi) is 5.96. The van der Waals surface area contributed by atoms with E-state index in [1.807, 2.05) is 28.8 Å². The van der Waals surface area contributed by atoms with Crippen LogP contribution in [-0.4, -0.2) is 58.9 Å². The molecule has 0 aliphatic carbocycles. The van der Waals surface area contributed by atoms with Crippen LogP contribution >= 0.6 is 0 Å². The Bertz CT molecular complexity index is 842. The number of unbranched alkanes of at least 4 members (excludes halogenated alkanes) is 2. The van der Waals surface area contributed by atoms with Crippen molar-refractivity contribution in [3.05, 3.63) is 48.7 Å². The monoisotopic (exact) mass is 365 g/mol. The molecule has 1 aliphatic heterocycles. The molecular weight excluding hydrogens is 338 g/mol. The number of hydrogen-bond acceptors (Lipinski definition) is 5. The van der Waals surface area contributed by atoms with Crippen LogP contribution in [-0.2, 0) is 4.74 Å². The lowest BCUT2D eigenvalue weighted by atomic mass is 10.1. The van der Waals surface area contributed by atoms with E-state index in [4.69, 9.17) is 9.72 Å². The second-order valence-corrected chi connectivity index (χ2v) is 6.94. The molecule has 0 spiro atoms. The van der Waals surface area contributed by atoms with Gasteiger partial charge in [-0.2, -0.15) is 9.61 Å². The third kappa shape index (κ3) is 4.64. The summed E-state index contributed by atoms with van der Waals surface area (Å²) < 4.78 is 7.27. The van der Waals surface area contributed by atoms with Crippen LogP contribution in [0.25, 0.3) is 16.9 Å². The maximum Gasteiger partial charge on any atom is 0.157 e. The predicted octanol–water partition coefficient (Wildman–Crippen LogP) is 3.31. The van der Waals surface area contributed by atoms with Crippen LogP contribution in [0.15, 0.2) is 48.7 Å². The second-order valence-electron chi connectivity index (χ2n) is 6.94. The van der Waals surface area contributed by atoms with Crippen LogP contribution < -0.4 is 5.32 Å². The minimum Gasteiger partial charge on any atom is -0.379 e. The second kappa shape index (κ2) is 8.97. The third-order valence-electron chi connectivity index (χ3n) is 4.99. The van der Waals surface area contributed by atoms with Gasteiger partial charge >= 0.3 is 0 Å². The molecule has 2 aromatic heterocycles. The van der Waals surface area contributed by atoms with Crippen molar-refractivity contribution in [1.29, 1.82) is 0 Å². The predicted molar refractivity (Wildman–Crippen MR) is 108 cm³/mol. The molecular formula is C21H27N5O. The zero-order valence-electron chi connectivity index (χ0n) is 15.7. The van der Waals surface area contributed by atoms with Gasteiger partial charge in [0.2, 0.25) is 0 Å². The van der Waals surface area contributed by atoms with E-state index in [1.54, 1.807) is 6.20 Å². The highest BCUT2D eigenvalue weighted by Crippen LogP contribution is 2.22. The van der Waals surface area contributed by atoms with Crippen LogP contribution in [0, 0.1) is 0 Å². The Morgan fingerprint density at radius 2 is 1.85 bits per heavy atom. The summed E-state index contributed by atoms with van der Waals surface area (Å²) in [4.78, 5) is 7.22. The lowest BCUT2D eigenvalue weighted by Crippen LogP contribution is -2.36. The average Bonchev–Trinajstić information content (AvgIpc) is 3.21. The number of morpholine rings is 1. The van der Waals surface area contributed by atoms with E-state index in [0.717, 1.165) is 62.0 Å². The van der Waals surface area contributed by atoms with Crippen LogP contribution in [0.2, 0.25) is 0 Å². The van der Waals surface area contributed by atoms with Gasteiger partial charge in [-0.1, -0.05) is 36.8 Å². The standard InChI is InChI=1S/C21H27N5O/c1-3-7-18(8-4-1)19-17-21(26-20(24-19)9-11-23-26)22-10-5-2-6-12-25-13-15-27-16-14-25/h1,3-4,7-9,11,17,22H,2,5-6,10,12-16H2. The first-order valence-electron chi connectivity index (χ1n) is 9.84. The van der Waals surface area contributed by atoms with Crippen LogP contribution in [0.1, 0.15) is 19.3 Å². The normalized spacial score (nSPS) is 15.3. The number of anilines is 1. The van der Waals surface area contributed by atoms with Crippen molar-refractivity contribution in [3.63, 3.8) is 0 Å². The van der Waals surface area contributed by atoms with E-state index >= 15 is 0 Å². The molecule has 6 heteroatoms. The van der Waals surface area contributed by atoms with Gasteiger partial charge in [-0.05, 0) is 19.4 Å². The molecule has 27 heavy (non-hydrogen) atoms. The van der Waals surface area contributed by atoms with Crippen molar-refractivity contribution < 1.29 is 4.74 Å². The largest absolute Gasteiger partial charge is 0.379 e. The maximum atomic E-state index is 5.40. The summed E-state index contributed by atoms with van der Waals surface area (Å²) >= 11 is 0. The molecule has 3 heterocycles. The summed E-state index contributed by atoms with van der Waals surface area (Å²) in [6, 6.07) is 14.3. The fraction of sp³-hybridized carbons (Fsp3) is 0.429. The topological polar surface area (TPSA) is 54.7 Å². The Labute approximate surface area is 160 Å². The smallest absolute Gasteiger partial charge is 0.157 e. The first-order valence-corrected chi connectivity index (χ1v) is 9.84. The molecule has 1 aliphatic rings. The van der Waals surface area contributed by atoms with E-state index in [-0.39, 0.29) is 0 Å². The highest BCUT2D eigenvalue weighted by molar-refractivity contribution is 5.66. The minimum absolute atomic E-state index is 0.867. The average molecular weight is 365 g/mol. The van der Waals surface area contributed by atoms with E-state index in [9.17, 15) is 0 Å². The molecule has 0 radical (unpaired) electrons. The minimum atomic E-state index is 0.867. The molecule has 142 valence electrons. The first-order chi connectivity index (χ1) is 13.4. The number of nitrogens with zero attached hydrogens (tertiary/aromatic N) is 4. The molecule has 3 aromatic rings. The molecule has 0 amide bonds. The summed E-state index contributed by atoms with van der Waals surface area (Å²) in [5.41, 5.74) is 2.96. The van der Waals surface area contributed by atoms with Gasteiger partial charge in [0, 0.05) is 37.3 Å². The van der Waals surface area contributed by atoms with Gasteiger partial charge in [-0.3, -0.25) is 4.90 Å². The van der Waals surface area contributed by atoms with Gasteiger partial charge in [0.05, 0.1) is 25.1 Å². The van der Waals surface area contributed by atoms with Gasteiger partial charge in [-0.15, -0.1) is 0 Å². The van der Waals surface area contributed by atoms with Crippen molar-refractivity contribution >= 4 is 11.5 Å². The molecule has 1 saturated heterocycles. The van der Waals surface area contributed by atoms with E-state index in [1.165, 1.54) is 19.4 Å². The Morgan fingerprint density at radius 3 is 2.70 bits per heavy atom. The molecule has 1 fully saturated rings. The number of ether oxygens (including phenoxy) is 1. The zero-order valence-corrected chi connectivity index (χ0v) is 15.7. The number of aromatic nitrogens is 3. The molecule has 1 aromatic carbocycles. The maximum absolute atomic E-state index is 5.40. The van der Waals surface area contributed by atoms with Crippen molar-refractivity contribution in [2.45, 2.75) is 19.3 Å². The number of nitrogens with one attached hydrogen (secondary N) is 1. The van der Waals surface area contributed by atoms with Crippen molar-refractivity contribution in [1.82, 2.24) is 19.5 Å².